The number of hydrogen-bond acceptors (Lipinski definition) is 5. The van der Waals surface area contributed by atoms with E-state index >= 15 is 0 Å². The lowest BCUT2D eigenvalue weighted by molar-refractivity contribution is -0.150. The smallest absolute Gasteiger partial charge is 0.411 e. The Balaban J connectivity index is 1.89. The van der Waals surface area contributed by atoms with Gasteiger partial charge >= 0.3 is 12.1 Å². The molecule has 2 amide bonds. The van der Waals surface area contributed by atoms with E-state index in [4.69, 9.17) is 9.47 Å². The highest BCUT2D eigenvalue weighted by molar-refractivity contribution is 5.82. The van der Waals surface area contributed by atoms with E-state index in [1.807, 2.05) is 0 Å². The van der Waals surface area contributed by atoms with Crippen LogP contribution in [0.1, 0.15) is 44.7 Å². The summed E-state index contributed by atoms with van der Waals surface area (Å²) in [6.45, 7) is 5.97. The van der Waals surface area contributed by atoms with Gasteiger partial charge in [0, 0.05) is 13.6 Å². The minimum atomic E-state index is -0.611. The Labute approximate surface area is 160 Å². The maximum atomic E-state index is 12.4. The van der Waals surface area contributed by atoms with Gasteiger partial charge in [-0.3, -0.25) is 9.69 Å². The van der Waals surface area contributed by atoms with E-state index in [2.05, 4.69) is 12.4 Å². The van der Waals surface area contributed by atoms with Crippen molar-refractivity contribution in [3.8, 4) is 0 Å². The second-order valence-corrected chi connectivity index (χ2v) is 7.53. The van der Waals surface area contributed by atoms with Gasteiger partial charge in [-0.2, -0.15) is 0 Å². The van der Waals surface area contributed by atoms with Crippen LogP contribution >= 0.6 is 0 Å². The monoisotopic (exact) mass is 375 g/mol. The lowest BCUT2D eigenvalue weighted by Crippen LogP contribution is -2.44. The highest BCUT2D eigenvalue weighted by atomic mass is 16.6. The summed E-state index contributed by atoms with van der Waals surface area (Å²) in [5.74, 6) is -0.600. The van der Waals surface area contributed by atoms with Crippen LogP contribution in [0.15, 0.2) is 24.3 Å². The van der Waals surface area contributed by atoms with Crippen molar-refractivity contribution in [2.75, 3.05) is 6.54 Å². The molecule has 147 valence electrons. The van der Waals surface area contributed by atoms with Crippen molar-refractivity contribution in [1.29, 1.82) is 0 Å². The third kappa shape index (κ3) is 6.27. The summed E-state index contributed by atoms with van der Waals surface area (Å²) in [6, 6.07) is 6.61. The van der Waals surface area contributed by atoms with Gasteiger partial charge < -0.3 is 14.8 Å². The molecule has 0 bridgehead atoms. The molecule has 0 aliphatic carbocycles. The molecule has 0 aromatic heterocycles. The van der Waals surface area contributed by atoms with Crippen LogP contribution in [0.3, 0.4) is 0 Å². The Morgan fingerprint density at radius 3 is 2.41 bits per heavy atom. The van der Waals surface area contributed by atoms with Gasteiger partial charge in [0.2, 0.25) is 5.91 Å². The molecule has 2 rings (SSSR count). The molecule has 1 radical (unpaired) electrons. The van der Waals surface area contributed by atoms with Gasteiger partial charge in [0.05, 0.1) is 6.42 Å². The summed E-state index contributed by atoms with van der Waals surface area (Å²) in [5, 5.41) is 2.33. The van der Waals surface area contributed by atoms with Crippen LogP contribution in [0.4, 0.5) is 4.79 Å². The Bertz CT molecular complexity index is 679. The number of ether oxygens (including phenoxy) is 2. The quantitative estimate of drug-likeness (QED) is 0.800. The van der Waals surface area contributed by atoms with E-state index in [9.17, 15) is 14.4 Å². The van der Waals surface area contributed by atoms with E-state index < -0.39 is 23.7 Å². The minimum absolute atomic E-state index is 0.110. The van der Waals surface area contributed by atoms with Crippen molar-refractivity contribution in [3.63, 3.8) is 0 Å². The van der Waals surface area contributed by atoms with Gasteiger partial charge in [0.25, 0.3) is 0 Å². The summed E-state index contributed by atoms with van der Waals surface area (Å²) < 4.78 is 10.7. The van der Waals surface area contributed by atoms with Crippen molar-refractivity contribution >= 4 is 18.0 Å². The van der Waals surface area contributed by atoms with E-state index in [-0.39, 0.29) is 18.9 Å². The molecule has 0 spiro atoms. The first-order valence-electron chi connectivity index (χ1n) is 8.99. The number of likely N-dealkylation sites (tertiary alicyclic amines) is 1. The molecule has 1 aromatic rings. The second kappa shape index (κ2) is 8.88. The van der Waals surface area contributed by atoms with Crippen LogP contribution < -0.4 is 5.32 Å². The molecule has 1 aliphatic rings. The maximum Gasteiger partial charge on any atom is 0.411 e. The van der Waals surface area contributed by atoms with Gasteiger partial charge in [-0.1, -0.05) is 24.3 Å². The van der Waals surface area contributed by atoms with Gasteiger partial charge in [-0.05, 0) is 44.7 Å². The predicted octanol–water partition coefficient (Wildman–Crippen LogP) is 2.58. The Morgan fingerprint density at radius 2 is 1.81 bits per heavy atom. The normalized spacial score (nSPS) is 16.7. The molecule has 1 saturated heterocycles. The van der Waals surface area contributed by atoms with Gasteiger partial charge in [0.15, 0.2) is 0 Å². The van der Waals surface area contributed by atoms with Crippen molar-refractivity contribution < 1.29 is 23.9 Å². The number of amides is 2. The first-order chi connectivity index (χ1) is 12.7. The molecular formula is C20H27N2O5. The number of rotatable bonds is 5. The van der Waals surface area contributed by atoms with Crippen molar-refractivity contribution in [2.24, 2.45) is 0 Å². The number of carbonyl (C=O) groups excluding carboxylic acids is 3. The molecular weight excluding hydrogens is 348 g/mol. The Hall–Kier alpha value is -2.57. The van der Waals surface area contributed by atoms with E-state index in [0.29, 0.717) is 13.0 Å². The van der Waals surface area contributed by atoms with Crippen molar-refractivity contribution in [3.05, 3.63) is 42.4 Å². The van der Waals surface area contributed by atoms with Crippen LogP contribution in [-0.2, 0) is 32.1 Å². The number of benzene rings is 1. The number of carbonyl (C=O) groups is 3. The molecule has 1 atom stereocenters. The maximum absolute atomic E-state index is 12.4. The molecule has 7 nitrogen and oxygen atoms in total. The molecule has 7 heteroatoms. The fourth-order valence-electron chi connectivity index (χ4n) is 2.80. The predicted molar refractivity (Wildman–Crippen MR) is 99.4 cm³/mol. The average molecular weight is 375 g/mol. The van der Waals surface area contributed by atoms with Crippen molar-refractivity contribution in [1.82, 2.24) is 10.2 Å². The van der Waals surface area contributed by atoms with Crippen LogP contribution in [0, 0.1) is 7.05 Å². The Morgan fingerprint density at radius 1 is 1.19 bits per heavy atom. The van der Waals surface area contributed by atoms with Crippen LogP contribution in [-0.4, -0.2) is 41.1 Å². The van der Waals surface area contributed by atoms with E-state index in [1.165, 1.54) is 4.90 Å². The lowest BCUT2D eigenvalue weighted by Gasteiger charge is -2.27. The third-order valence-electron chi connectivity index (χ3n) is 4.12. The largest absolute Gasteiger partial charge is 0.459 e. The fraction of sp³-hybridized carbons (Fsp3) is 0.500. The third-order valence-corrected chi connectivity index (χ3v) is 4.12. The molecule has 0 unspecified atom stereocenters. The minimum Gasteiger partial charge on any atom is -0.459 e. The number of hydrogen-bond donors (Lipinski definition) is 1. The fourth-order valence-corrected chi connectivity index (χ4v) is 2.80. The standard InChI is InChI=1S/C20H27N2O5/c1-20(2,3)27-19(25)22-11-5-6-16(22)18(24)26-13-15-9-7-14(8-10-15)12-17(23)21-4/h7-10,16H,4-6,11-13H2,1-3H3,(H,21,23)/t16-/m0/s1. The molecule has 1 heterocycles. The zero-order valence-corrected chi connectivity index (χ0v) is 16.1. The summed E-state index contributed by atoms with van der Waals surface area (Å²) >= 11 is 0. The lowest BCUT2D eigenvalue weighted by atomic mass is 10.1. The Kier molecular flexibility index (Phi) is 6.82. The zero-order valence-electron chi connectivity index (χ0n) is 16.1. The molecule has 0 saturated carbocycles. The van der Waals surface area contributed by atoms with Gasteiger partial charge in [-0.15, -0.1) is 0 Å². The highest BCUT2D eigenvalue weighted by Gasteiger charge is 2.37. The molecule has 1 aromatic carbocycles. The van der Waals surface area contributed by atoms with Crippen LogP contribution in [0.5, 0.6) is 0 Å². The van der Waals surface area contributed by atoms with Crippen molar-refractivity contribution in [2.45, 2.75) is 58.3 Å². The summed E-state index contributed by atoms with van der Waals surface area (Å²) in [5.41, 5.74) is 1.04. The number of nitrogens with zero attached hydrogens (tertiary/aromatic N) is 1. The summed E-state index contributed by atoms with van der Waals surface area (Å²) in [7, 11) is 3.33. The second-order valence-electron chi connectivity index (χ2n) is 7.53. The molecule has 1 fully saturated rings. The molecule has 1 aliphatic heterocycles. The highest BCUT2D eigenvalue weighted by Crippen LogP contribution is 2.22. The molecule has 1 N–H and O–H groups in total. The van der Waals surface area contributed by atoms with Gasteiger partial charge in [0.1, 0.15) is 18.2 Å². The van der Waals surface area contributed by atoms with Crippen LogP contribution in [0.2, 0.25) is 0 Å². The summed E-state index contributed by atoms with van der Waals surface area (Å²) in [6.07, 6.45) is 1.06. The van der Waals surface area contributed by atoms with Crippen LogP contribution in [0.25, 0.3) is 0 Å². The average Bonchev–Trinajstić information content (AvgIpc) is 3.09. The first-order valence-corrected chi connectivity index (χ1v) is 8.99. The first kappa shape index (κ1) is 20.7. The summed E-state index contributed by atoms with van der Waals surface area (Å²) in [4.78, 5) is 37.4. The topological polar surface area (TPSA) is 84.9 Å². The van der Waals surface area contributed by atoms with E-state index in [1.54, 1.807) is 45.0 Å². The van der Waals surface area contributed by atoms with Gasteiger partial charge in [-0.25, -0.2) is 9.59 Å². The molecule has 27 heavy (non-hydrogen) atoms. The van der Waals surface area contributed by atoms with E-state index in [0.717, 1.165) is 17.5 Å². The zero-order chi connectivity index (χ0) is 20.0. The SMILES string of the molecule is [CH2]NC(=O)Cc1ccc(COC(=O)[C@@H]2CCCN2C(=O)OC(C)(C)C)cc1. The number of esters is 1. The number of nitrogens with one attached hydrogen (secondary N) is 1.